The average molecular weight is 468 g/mol. The molecular weight excluding hydrogens is 438 g/mol. The summed E-state index contributed by atoms with van der Waals surface area (Å²) in [6.45, 7) is 2.91. The Morgan fingerprint density at radius 3 is 2.58 bits per heavy atom. The molecule has 7 nitrogen and oxygen atoms in total. The zero-order valence-corrected chi connectivity index (χ0v) is 19.6. The van der Waals surface area contributed by atoms with E-state index in [2.05, 4.69) is 0 Å². The van der Waals surface area contributed by atoms with Gasteiger partial charge in [-0.25, -0.2) is 0 Å². The van der Waals surface area contributed by atoms with E-state index >= 15 is 0 Å². The van der Waals surface area contributed by atoms with Crippen LogP contribution in [0.1, 0.15) is 12.5 Å². The highest BCUT2D eigenvalue weighted by Crippen LogP contribution is 2.61. The Morgan fingerprint density at radius 1 is 1.09 bits per heavy atom. The normalized spacial score (nSPS) is 34.2. The minimum Gasteiger partial charge on any atom is -0.394 e. The fourth-order valence-electron chi connectivity index (χ4n) is 5.76. The molecule has 174 valence electrons. The minimum absolute atomic E-state index is 0.0591. The molecule has 5 rings (SSSR count). The smallest absolute Gasteiger partial charge is 0.247 e. The van der Waals surface area contributed by atoms with E-state index in [4.69, 9.17) is 0 Å². The fourth-order valence-corrected chi connectivity index (χ4v) is 7.75. The number of carbonyl (C=O) groups excluding carboxylic acids is 3. The largest absolute Gasteiger partial charge is 0.394 e. The predicted octanol–water partition coefficient (Wildman–Crippen LogP) is 1.29. The number of aliphatic hydroxyl groups excluding tert-OH is 1. The van der Waals surface area contributed by atoms with E-state index in [1.54, 1.807) is 40.4 Å². The highest BCUT2D eigenvalue weighted by Gasteiger charge is 2.71. The van der Waals surface area contributed by atoms with Crippen LogP contribution in [-0.2, 0) is 20.9 Å². The standard InChI is InChI=1S/C25H29N3O4S/c1-16(15-29)28-21-24(32)27(14-17-8-4-3-5-9-17)13-7-11-25(21)20(23(28)31)19-18(33-25)10-6-12-26(2)22(19)30/h3-11,16,18-21,29H,12-15H2,1-2H3/t16-,18-,19+,20+,21?,25+/m1/s1. The van der Waals surface area contributed by atoms with E-state index in [9.17, 15) is 19.5 Å². The maximum atomic E-state index is 14.0. The van der Waals surface area contributed by atoms with Gasteiger partial charge in [-0.1, -0.05) is 54.6 Å². The van der Waals surface area contributed by atoms with E-state index in [0.717, 1.165) is 5.56 Å². The van der Waals surface area contributed by atoms with Crippen LogP contribution < -0.4 is 0 Å². The van der Waals surface area contributed by atoms with Crippen molar-refractivity contribution in [1.82, 2.24) is 14.7 Å². The number of rotatable bonds is 4. The Balaban J connectivity index is 1.59. The molecule has 1 aromatic carbocycles. The number of likely N-dealkylation sites (N-methyl/N-ethyl adjacent to an activating group) is 1. The van der Waals surface area contributed by atoms with Crippen molar-refractivity contribution in [3.8, 4) is 0 Å². The molecule has 0 radical (unpaired) electrons. The van der Waals surface area contributed by atoms with E-state index in [0.29, 0.717) is 19.6 Å². The molecule has 8 heteroatoms. The molecule has 0 saturated carbocycles. The summed E-state index contributed by atoms with van der Waals surface area (Å²) >= 11 is 1.56. The van der Waals surface area contributed by atoms with Gasteiger partial charge >= 0.3 is 0 Å². The number of aliphatic hydroxyl groups is 1. The van der Waals surface area contributed by atoms with Gasteiger partial charge in [-0.3, -0.25) is 14.4 Å². The van der Waals surface area contributed by atoms with Crippen LogP contribution in [0.3, 0.4) is 0 Å². The van der Waals surface area contributed by atoms with Crippen molar-refractivity contribution >= 4 is 29.5 Å². The number of nitrogens with zero attached hydrogens (tertiary/aromatic N) is 3. The lowest BCUT2D eigenvalue weighted by molar-refractivity contribution is -0.146. The predicted molar refractivity (Wildman–Crippen MR) is 126 cm³/mol. The van der Waals surface area contributed by atoms with E-state index in [1.807, 2.05) is 54.6 Å². The van der Waals surface area contributed by atoms with Crippen molar-refractivity contribution in [2.24, 2.45) is 11.8 Å². The Bertz CT molecular complexity index is 1030. The molecule has 6 atom stereocenters. The average Bonchev–Trinajstić information content (AvgIpc) is 3.16. The Hall–Kier alpha value is -2.58. The van der Waals surface area contributed by atoms with Gasteiger partial charge in [-0.15, -0.1) is 11.8 Å². The summed E-state index contributed by atoms with van der Waals surface area (Å²) in [4.78, 5) is 46.3. The number of hydrogen-bond acceptors (Lipinski definition) is 5. The highest BCUT2D eigenvalue weighted by atomic mass is 32.2. The van der Waals surface area contributed by atoms with Gasteiger partial charge in [0.1, 0.15) is 6.04 Å². The van der Waals surface area contributed by atoms with Crippen LogP contribution in [0.4, 0.5) is 0 Å². The summed E-state index contributed by atoms with van der Waals surface area (Å²) in [5, 5.41) is 9.80. The SMILES string of the molecule is C[C@H](CO)N1C(=O)[C@@H]2[C@H]3C(=O)N(C)CC=C[C@H]3S[C@@]23C=CCN(Cc2ccccc2)C(=O)C13. The van der Waals surface area contributed by atoms with Crippen molar-refractivity contribution in [1.29, 1.82) is 0 Å². The molecule has 1 N–H and O–H groups in total. The Morgan fingerprint density at radius 2 is 1.85 bits per heavy atom. The third kappa shape index (κ3) is 3.34. The van der Waals surface area contributed by atoms with Gasteiger partial charge in [0.2, 0.25) is 17.7 Å². The van der Waals surface area contributed by atoms with Gasteiger partial charge in [-0.2, -0.15) is 0 Å². The molecular formula is C25H29N3O4S. The molecule has 1 spiro atoms. The van der Waals surface area contributed by atoms with Crippen molar-refractivity contribution in [2.45, 2.75) is 35.5 Å². The first-order valence-electron chi connectivity index (χ1n) is 11.4. The van der Waals surface area contributed by atoms with Crippen LogP contribution in [0.25, 0.3) is 0 Å². The van der Waals surface area contributed by atoms with Crippen LogP contribution in [0.2, 0.25) is 0 Å². The molecule has 4 heterocycles. The summed E-state index contributed by atoms with van der Waals surface area (Å²) in [5.41, 5.74) is 1.02. The summed E-state index contributed by atoms with van der Waals surface area (Å²) < 4.78 is -0.837. The highest BCUT2D eigenvalue weighted by molar-refractivity contribution is 8.02. The van der Waals surface area contributed by atoms with Gasteiger partial charge in [0.15, 0.2) is 0 Å². The lowest BCUT2D eigenvalue weighted by Crippen LogP contribution is -2.55. The van der Waals surface area contributed by atoms with Crippen LogP contribution in [0.5, 0.6) is 0 Å². The number of benzene rings is 1. The second kappa shape index (κ2) is 8.33. The van der Waals surface area contributed by atoms with Crippen LogP contribution in [0, 0.1) is 11.8 Å². The monoisotopic (exact) mass is 467 g/mol. The van der Waals surface area contributed by atoms with Gasteiger partial charge in [0.25, 0.3) is 0 Å². The van der Waals surface area contributed by atoms with Gasteiger partial charge < -0.3 is 19.8 Å². The second-order valence-corrected chi connectivity index (χ2v) is 10.9. The maximum Gasteiger partial charge on any atom is 0.247 e. The number of carbonyl (C=O) groups is 3. The molecule has 0 bridgehead atoms. The number of amides is 3. The quantitative estimate of drug-likeness (QED) is 0.675. The fraction of sp³-hybridized carbons (Fsp3) is 0.480. The topological polar surface area (TPSA) is 81.2 Å². The molecule has 3 amide bonds. The lowest BCUT2D eigenvalue weighted by Gasteiger charge is -2.37. The zero-order chi connectivity index (χ0) is 23.3. The number of hydrogen-bond donors (Lipinski definition) is 1. The number of likely N-dealkylation sites (tertiary alicyclic amines) is 1. The summed E-state index contributed by atoms with van der Waals surface area (Å²) in [6, 6.07) is 8.51. The molecule has 1 aromatic rings. The maximum absolute atomic E-state index is 14.0. The molecule has 1 unspecified atom stereocenters. The molecule has 0 aromatic heterocycles. The first-order chi connectivity index (χ1) is 15.9. The van der Waals surface area contributed by atoms with Crippen molar-refractivity contribution < 1.29 is 19.5 Å². The van der Waals surface area contributed by atoms with Crippen molar-refractivity contribution in [2.75, 3.05) is 26.7 Å². The molecule has 4 aliphatic rings. The first kappa shape index (κ1) is 22.2. The zero-order valence-electron chi connectivity index (χ0n) is 18.8. The van der Waals surface area contributed by atoms with Crippen LogP contribution in [-0.4, -0.2) is 86.4 Å². The van der Waals surface area contributed by atoms with E-state index in [-0.39, 0.29) is 29.6 Å². The Kier molecular flexibility index (Phi) is 5.61. The van der Waals surface area contributed by atoms with E-state index < -0.39 is 28.7 Å². The lowest BCUT2D eigenvalue weighted by atomic mass is 9.78. The van der Waals surface area contributed by atoms with Gasteiger partial charge in [-0.05, 0) is 12.5 Å². The minimum atomic E-state index is -0.837. The number of fused-ring (bicyclic) bond motifs is 2. The van der Waals surface area contributed by atoms with E-state index in [1.165, 1.54) is 0 Å². The molecule has 2 saturated heterocycles. The first-order valence-corrected chi connectivity index (χ1v) is 12.3. The molecule has 33 heavy (non-hydrogen) atoms. The molecule has 0 aliphatic carbocycles. The second-order valence-electron chi connectivity index (χ2n) is 9.37. The van der Waals surface area contributed by atoms with Gasteiger partial charge in [0.05, 0.1) is 29.2 Å². The van der Waals surface area contributed by atoms with Crippen molar-refractivity contribution in [3.63, 3.8) is 0 Å². The third-order valence-electron chi connectivity index (χ3n) is 7.34. The Labute approximate surface area is 198 Å². The van der Waals surface area contributed by atoms with Crippen molar-refractivity contribution in [3.05, 3.63) is 60.2 Å². The third-order valence-corrected chi connectivity index (χ3v) is 9.08. The van der Waals surface area contributed by atoms with Gasteiger partial charge in [0, 0.05) is 31.9 Å². The van der Waals surface area contributed by atoms with Crippen LogP contribution in [0.15, 0.2) is 54.6 Å². The summed E-state index contributed by atoms with van der Waals surface area (Å²) in [7, 11) is 1.76. The van der Waals surface area contributed by atoms with Crippen LogP contribution >= 0.6 is 11.8 Å². The number of thioether (sulfide) groups is 1. The summed E-state index contributed by atoms with van der Waals surface area (Å²) in [6.07, 6.45) is 7.99. The molecule has 4 aliphatic heterocycles. The summed E-state index contributed by atoms with van der Waals surface area (Å²) in [5.74, 6) is -1.56. The molecule has 2 fully saturated rings.